The monoisotopic (exact) mass is 417 g/mol. The van der Waals surface area contributed by atoms with Crippen molar-refractivity contribution in [3.63, 3.8) is 0 Å². The molecule has 24 heavy (non-hydrogen) atoms. The van der Waals surface area contributed by atoms with E-state index in [0.717, 1.165) is 23.2 Å². The van der Waals surface area contributed by atoms with Gasteiger partial charge in [-0.3, -0.25) is 9.00 Å². The maximum absolute atomic E-state index is 14.0. The maximum Gasteiger partial charge on any atom is 0.270 e. The van der Waals surface area contributed by atoms with E-state index in [2.05, 4.69) is 33.0 Å². The Hall–Kier alpha value is -0.990. The molecule has 2 N–H and O–H groups in total. The van der Waals surface area contributed by atoms with Crippen LogP contribution in [0.3, 0.4) is 0 Å². The number of nitrogens with zero attached hydrogens (tertiary/aromatic N) is 2. The molecule has 1 aromatic rings. The first-order valence-corrected chi connectivity index (χ1v) is 10.2. The number of hydrogen-bond donors (Lipinski definition) is 1. The van der Waals surface area contributed by atoms with Crippen molar-refractivity contribution in [2.45, 2.75) is 5.50 Å². The number of hydrogen-bond acceptors (Lipinski definition) is 4. The predicted octanol–water partition coefficient (Wildman–Crippen LogP) is 1.35. The highest BCUT2D eigenvalue weighted by Gasteiger charge is 2.43. The number of amides is 1. The van der Waals surface area contributed by atoms with Crippen LogP contribution in [-0.4, -0.2) is 59.0 Å². The molecule has 1 aromatic carbocycles. The molecule has 0 spiro atoms. The second-order valence-corrected chi connectivity index (χ2v) is 8.83. The van der Waals surface area contributed by atoms with Gasteiger partial charge in [-0.2, -0.15) is 0 Å². The van der Waals surface area contributed by atoms with E-state index in [1.807, 2.05) is 12.1 Å². The number of carbonyl (C=O) groups excluding carboxylic acids is 1. The first-order valence-electron chi connectivity index (χ1n) is 8.00. The molecule has 0 aromatic heterocycles. The van der Waals surface area contributed by atoms with E-state index in [1.165, 1.54) is 4.90 Å². The molecule has 2 heterocycles. The zero-order valence-electron chi connectivity index (χ0n) is 13.2. The van der Waals surface area contributed by atoms with Gasteiger partial charge >= 0.3 is 0 Å². The topological polar surface area (TPSA) is 66.6 Å². The Bertz CT molecular complexity index is 616. The van der Waals surface area contributed by atoms with E-state index >= 15 is 0 Å². The van der Waals surface area contributed by atoms with Crippen LogP contribution in [0.5, 0.6) is 0 Å². The lowest BCUT2D eigenvalue weighted by atomic mass is 10.0. The van der Waals surface area contributed by atoms with Crippen LogP contribution in [0.4, 0.5) is 10.1 Å². The smallest absolute Gasteiger partial charge is 0.270 e. The van der Waals surface area contributed by atoms with E-state index in [1.54, 1.807) is 0 Å². The molecular formula is C16H21BrFN3O2S. The molecule has 0 radical (unpaired) electrons. The number of anilines is 1. The molecule has 3 rings (SSSR count). The van der Waals surface area contributed by atoms with Gasteiger partial charge in [0.15, 0.2) is 0 Å². The fraction of sp³-hybridized carbons (Fsp3) is 0.562. The van der Waals surface area contributed by atoms with Gasteiger partial charge in [0.25, 0.3) is 11.4 Å². The minimum atomic E-state index is -1.95. The number of fused-ring (bicyclic) bond motifs is 1. The molecule has 2 saturated heterocycles. The summed E-state index contributed by atoms with van der Waals surface area (Å²) in [4.78, 5) is 16.0. The van der Waals surface area contributed by atoms with Crippen molar-refractivity contribution in [1.29, 1.82) is 0 Å². The summed E-state index contributed by atoms with van der Waals surface area (Å²) < 4.78 is 26.7. The van der Waals surface area contributed by atoms with Crippen molar-refractivity contribution in [2.24, 2.45) is 17.6 Å². The minimum Gasteiger partial charge on any atom is -0.371 e. The number of benzene rings is 1. The SMILES string of the molecule is NCCS(=O)C(F)C(=O)N1C[C@@H]2CN(c3ccc(Br)cc3)C[C@@H]2C1. The van der Waals surface area contributed by atoms with Crippen LogP contribution in [-0.2, 0) is 15.6 Å². The van der Waals surface area contributed by atoms with Crippen LogP contribution in [0.15, 0.2) is 28.7 Å². The van der Waals surface area contributed by atoms with Crippen LogP contribution >= 0.6 is 15.9 Å². The van der Waals surface area contributed by atoms with Crippen molar-refractivity contribution >= 4 is 38.3 Å². The van der Waals surface area contributed by atoms with Crippen molar-refractivity contribution < 1.29 is 13.4 Å². The average molecular weight is 418 g/mol. The Balaban J connectivity index is 1.57. The lowest BCUT2D eigenvalue weighted by Crippen LogP contribution is -2.40. The van der Waals surface area contributed by atoms with Gasteiger partial charge in [0.05, 0.1) is 10.8 Å². The Morgan fingerprint density at radius 3 is 2.38 bits per heavy atom. The molecule has 8 heteroatoms. The third kappa shape index (κ3) is 3.65. The van der Waals surface area contributed by atoms with Gasteiger partial charge in [-0.1, -0.05) is 15.9 Å². The van der Waals surface area contributed by atoms with Crippen molar-refractivity contribution in [1.82, 2.24) is 4.90 Å². The van der Waals surface area contributed by atoms with Gasteiger partial charge in [-0.25, -0.2) is 4.39 Å². The number of likely N-dealkylation sites (tertiary alicyclic amines) is 1. The summed E-state index contributed by atoms with van der Waals surface area (Å²) >= 11 is 3.43. The van der Waals surface area contributed by atoms with Crippen LogP contribution < -0.4 is 10.6 Å². The lowest BCUT2D eigenvalue weighted by Gasteiger charge is -2.24. The Labute approximate surface area is 151 Å². The summed E-state index contributed by atoms with van der Waals surface area (Å²) in [5.74, 6) is 0.0529. The van der Waals surface area contributed by atoms with E-state index in [4.69, 9.17) is 5.73 Å². The summed E-state index contributed by atoms with van der Waals surface area (Å²) in [7, 11) is -1.83. The molecule has 0 saturated carbocycles. The molecule has 1 amide bonds. The normalized spacial score (nSPS) is 25.6. The second-order valence-electron chi connectivity index (χ2n) is 6.33. The molecule has 2 aliphatic heterocycles. The zero-order valence-corrected chi connectivity index (χ0v) is 15.6. The van der Waals surface area contributed by atoms with Crippen LogP contribution in [0.2, 0.25) is 0 Å². The fourth-order valence-corrected chi connectivity index (χ4v) is 4.59. The van der Waals surface area contributed by atoms with E-state index in [0.29, 0.717) is 24.9 Å². The molecule has 5 nitrogen and oxygen atoms in total. The third-order valence-corrected chi connectivity index (χ3v) is 6.56. The van der Waals surface area contributed by atoms with Crippen molar-refractivity contribution in [3.8, 4) is 0 Å². The van der Waals surface area contributed by atoms with Gasteiger partial charge in [0.2, 0.25) is 0 Å². The fourth-order valence-electron chi connectivity index (χ4n) is 3.51. The molecule has 2 aliphatic rings. The summed E-state index contributed by atoms with van der Waals surface area (Å²) in [5.41, 5.74) is 4.50. The second kappa shape index (κ2) is 7.49. The number of halogens is 2. The summed E-state index contributed by atoms with van der Waals surface area (Å²) in [5, 5.41) is 0. The molecule has 132 valence electrons. The first kappa shape index (κ1) is 17.8. The number of alkyl halides is 1. The zero-order chi connectivity index (χ0) is 17.3. The molecule has 0 bridgehead atoms. The van der Waals surface area contributed by atoms with Crippen LogP contribution in [0.1, 0.15) is 0 Å². The van der Waals surface area contributed by atoms with Gasteiger partial charge in [-0.15, -0.1) is 0 Å². The van der Waals surface area contributed by atoms with Crippen LogP contribution in [0.25, 0.3) is 0 Å². The quantitative estimate of drug-likeness (QED) is 0.784. The lowest BCUT2D eigenvalue weighted by molar-refractivity contribution is -0.132. The highest BCUT2D eigenvalue weighted by molar-refractivity contribution is 9.10. The van der Waals surface area contributed by atoms with Gasteiger partial charge in [-0.05, 0) is 24.3 Å². The number of rotatable bonds is 5. The van der Waals surface area contributed by atoms with Crippen LogP contribution in [0, 0.1) is 11.8 Å². The minimum absolute atomic E-state index is 0.0188. The third-order valence-electron chi connectivity index (χ3n) is 4.73. The number of nitrogens with two attached hydrogens (primary N) is 1. The molecule has 4 atom stereocenters. The van der Waals surface area contributed by atoms with Gasteiger partial charge < -0.3 is 15.5 Å². The van der Waals surface area contributed by atoms with E-state index < -0.39 is 22.2 Å². The molecule has 2 unspecified atom stereocenters. The van der Waals surface area contributed by atoms with E-state index in [-0.39, 0.29) is 12.3 Å². The van der Waals surface area contributed by atoms with Gasteiger partial charge in [0, 0.05) is 60.5 Å². The van der Waals surface area contributed by atoms with Gasteiger partial charge in [0.1, 0.15) is 0 Å². The Morgan fingerprint density at radius 1 is 1.25 bits per heavy atom. The summed E-state index contributed by atoms with van der Waals surface area (Å²) in [6.45, 7) is 2.92. The van der Waals surface area contributed by atoms with E-state index in [9.17, 15) is 13.4 Å². The van der Waals surface area contributed by atoms with Crippen molar-refractivity contribution in [2.75, 3.05) is 43.4 Å². The molecular weight excluding hydrogens is 397 g/mol. The maximum atomic E-state index is 14.0. The Morgan fingerprint density at radius 2 is 1.83 bits per heavy atom. The average Bonchev–Trinajstić information content (AvgIpc) is 3.13. The van der Waals surface area contributed by atoms with Crippen molar-refractivity contribution in [3.05, 3.63) is 28.7 Å². The largest absolute Gasteiger partial charge is 0.371 e. The molecule has 0 aliphatic carbocycles. The Kier molecular flexibility index (Phi) is 5.56. The summed E-state index contributed by atoms with van der Waals surface area (Å²) in [6, 6.07) is 8.17. The highest BCUT2D eigenvalue weighted by Crippen LogP contribution is 2.34. The predicted molar refractivity (Wildman–Crippen MR) is 96.9 cm³/mol. The number of carbonyl (C=O) groups is 1. The standard InChI is InChI=1S/C16H21BrFN3O2S/c17-13-1-3-14(4-2-13)20-7-11-9-21(10-12(11)8-20)16(22)15(18)24(23)6-5-19/h1-4,11-12,15H,5-10,19H2/t11-,12+,15?,24?. The first-order chi connectivity index (χ1) is 11.5. The highest BCUT2D eigenvalue weighted by atomic mass is 79.9. The molecule has 2 fully saturated rings. The summed E-state index contributed by atoms with van der Waals surface area (Å²) in [6.07, 6.45) is 0.